The van der Waals surface area contributed by atoms with E-state index in [0.29, 0.717) is 13.0 Å². The maximum Gasteiger partial charge on any atom is 0.238 e. The van der Waals surface area contributed by atoms with Crippen LogP contribution in [-0.2, 0) is 4.79 Å². The first-order valence-corrected chi connectivity index (χ1v) is 5.11. The lowest BCUT2D eigenvalue weighted by Crippen LogP contribution is -2.35. The first-order chi connectivity index (χ1) is 7.67. The average Bonchev–Trinajstić information content (AvgIpc) is 2.58. The van der Waals surface area contributed by atoms with Crippen LogP contribution in [0.3, 0.4) is 0 Å². The second kappa shape index (κ2) is 3.87. The van der Waals surface area contributed by atoms with Crippen molar-refractivity contribution in [2.24, 2.45) is 5.11 Å². The van der Waals surface area contributed by atoms with Crippen LogP contribution >= 0.6 is 0 Å². The zero-order valence-electron chi connectivity index (χ0n) is 9.00. The number of carbonyl (C=O) groups is 1. The molecule has 1 atom stereocenters. The molecule has 1 fully saturated rings. The van der Waals surface area contributed by atoms with Crippen molar-refractivity contribution in [3.63, 3.8) is 0 Å². The zero-order valence-corrected chi connectivity index (χ0v) is 9.00. The number of nitrogens with zero attached hydrogens (tertiary/aromatic N) is 4. The molecule has 0 saturated carbocycles. The van der Waals surface area contributed by atoms with Gasteiger partial charge in [-0.05, 0) is 31.0 Å². The number of benzene rings is 1. The molecule has 0 spiro atoms. The summed E-state index contributed by atoms with van der Waals surface area (Å²) in [5.41, 5.74) is 8.38. The maximum atomic E-state index is 12.1. The van der Waals surface area contributed by atoms with Gasteiger partial charge in [0, 0.05) is 17.1 Å². The van der Waals surface area contributed by atoms with Crippen LogP contribution < -0.4 is 4.90 Å². The number of para-hydroxylation sites is 1. The van der Waals surface area contributed by atoms with Crippen molar-refractivity contribution in [2.45, 2.75) is 18.9 Å². The van der Waals surface area contributed by atoms with Crippen molar-refractivity contribution < 1.29 is 4.79 Å². The highest BCUT2D eigenvalue weighted by Crippen LogP contribution is 2.30. The SMILES string of the molecule is CC1(N=[N+]=[N-])CCN(c2ccccc2)C1=O. The van der Waals surface area contributed by atoms with E-state index in [4.69, 9.17) is 5.53 Å². The Kier molecular flexibility index (Phi) is 2.54. The Morgan fingerprint density at radius 2 is 2.12 bits per heavy atom. The van der Waals surface area contributed by atoms with Gasteiger partial charge in [-0.1, -0.05) is 23.3 Å². The molecule has 1 saturated heterocycles. The molecule has 0 aromatic heterocycles. The highest BCUT2D eigenvalue weighted by Gasteiger charge is 2.42. The third-order valence-corrected chi connectivity index (χ3v) is 2.86. The Balaban J connectivity index is 2.30. The summed E-state index contributed by atoms with van der Waals surface area (Å²) in [4.78, 5) is 16.5. The van der Waals surface area contributed by atoms with Crippen LogP contribution in [0.2, 0.25) is 0 Å². The number of azide groups is 1. The second-order valence-corrected chi connectivity index (χ2v) is 4.01. The van der Waals surface area contributed by atoms with E-state index in [9.17, 15) is 4.79 Å². The van der Waals surface area contributed by atoms with E-state index < -0.39 is 5.54 Å². The van der Waals surface area contributed by atoms with Crippen LogP contribution in [0.5, 0.6) is 0 Å². The molecule has 5 nitrogen and oxygen atoms in total. The van der Waals surface area contributed by atoms with Gasteiger partial charge in [0.05, 0.1) is 0 Å². The Hall–Kier alpha value is -2.00. The second-order valence-electron chi connectivity index (χ2n) is 4.01. The quantitative estimate of drug-likeness (QED) is 0.425. The van der Waals surface area contributed by atoms with E-state index >= 15 is 0 Å². The maximum absolute atomic E-state index is 12.1. The van der Waals surface area contributed by atoms with Gasteiger partial charge in [0.25, 0.3) is 0 Å². The summed E-state index contributed by atoms with van der Waals surface area (Å²) >= 11 is 0. The minimum atomic E-state index is -0.926. The zero-order chi connectivity index (χ0) is 11.6. The number of anilines is 1. The van der Waals surface area contributed by atoms with E-state index in [1.807, 2.05) is 30.3 Å². The van der Waals surface area contributed by atoms with Gasteiger partial charge >= 0.3 is 0 Å². The smallest absolute Gasteiger partial charge is 0.238 e. The van der Waals surface area contributed by atoms with E-state index in [-0.39, 0.29) is 5.91 Å². The molecule has 16 heavy (non-hydrogen) atoms. The van der Waals surface area contributed by atoms with Crippen molar-refractivity contribution in [2.75, 3.05) is 11.4 Å². The predicted octanol–water partition coefficient (Wildman–Crippen LogP) is 2.49. The van der Waals surface area contributed by atoms with Gasteiger partial charge in [-0.2, -0.15) is 0 Å². The standard InChI is InChI=1S/C11H12N4O/c1-11(13-14-12)7-8-15(10(11)16)9-5-3-2-4-6-9/h2-6H,7-8H2,1H3. The molecular weight excluding hydrogens is 204 g/mol. The summed E-state index contributed by atoms with van der Waals surface area (Å²) < 4.78 is 0. The van der Waals surface area contributed by atoms with Gasteiger partial charge < -0.3 is 4.90 Å². The van der Waals surface area contributed by atoms with Crippen molar-refractivity contribution >= 4 is 11.6 Å². The third-order valence-electron chi connectivity index (χ3n) is 2.86. The molecule has 1 aromatic carbocycles. The molecule has 1 amide bonds. The highest BCUT2D eigenvalue weighted by molar-refractivity contribution is 6.02. The largest absolute Gasteiger partial charge is 0.312 e. The summed E-state index contributed by atoms with van der Waals surface area (Å²) in [5, 5.41) is 3.60. The van der Waals surface area contributed by atoms with Crippen LogP contribution in [0.1, 0.15) is 13.3 Å². The van der Waals surface area contributed by atoms with Gasteiger partial charge in [0.1, 0.15) is 5.54 Å². The van der Waals surface area contributed by atoms with Gasteiger partial charge in [0.2, 0.25) is 5.91 Å². The summed E-state index contributed by atoms with van der Waals surface area (Å²) in [6.07, 6.45) is 0.560. The Morgan fingerprint density at radius 3 is 2.75 bits per heavy atom. The first-order valence-electron chi connectivity index (χ1n) is 5.11. The summed E-state index contributed by atoms with van der Waals surface area (Å²) in [6.45, 7) is 2.27. The first kappa shape index (κ1) is 10.5. The van der Waals surface area contributed by atoms with Crippen LogP contribution in [0.25, 0.3) is 10.4 Å². The van der Waals surface area contributed by atoms with Crippen molar-refractivity contribution in [1.29, 1.82) is 0 Å². The van der Waals surface area contributed by atoms with E-state index in [0.717, 1.165) is 5.69 Å². The third kappa shape index (κ3) is 1.61. The molecular formula is C11H12N4O. The molecule has 1 aliphatic heterocycles. The lowest BCUT2D eigenvalue weighted by Gasteiger charge is -2.19. The Labute approximate surface area is 93.3 Å². The number of carbonyl (C=O) groups excluding carboxylic acids is 1. The van der Waals surface area contributed by atoms with Gasteiger partial charge in [-0.15, -0.1) is 0 Å². The molecule has 5 heteroatoms. The molecule has 82 valence electrons. The van der Waals surface area contributed by atoms with E-state index in [2.05, 4.69) is 10.0 Å². The minimum absolute atomic E-state index is 0.128. The van der Waals surface area contributed by atoms with Gasteiger partial charge in [-0.25, -0.2) is 0 Å². The molecule has 1 aromatic rings. The van der Waals surface area contributed by atoms with Gasteiger partial charge in [0.15, 0.2) is 0 Å². The average molecular weight is 216 g/mol. The number of amides is 1. The molecule has 1 unspecified atom stereocenters. The highest BCUT2D eigenvalue weighted by atomic mass is 16.2. The van der Waals surface area contributed by atoms with Crippen LogP contribution in [-0.4, -0.2) is 18.0 Å². The normalized spacial score (nSPS) is 24.3. The molecule has 1 aliphatic rings. The summed E-state index contributed by atoms with van der Waals surface area (Å²) in [6, 6.07) is 9.41. The molecule has 0 bridgehead atoms. The van der Waals surface area contributed by atoms with E-state index in [1.54, 1.807) is 11.8 Å². The minimum Gasteiger partial charge on any atom is -0.312 e. The van der Waals surface area contributed by atoms with Gasteiger partial charge in [-0.3, -0.25) is 4.79 Å². The molecule has 0 N–H and O–H groups in total. The fraction of sp³-hybridized carbons (Fsp3) is 0.364. The van der Waals surface area contributed by atoms with Crippen molar-refractivity contribution in [3.05, 3.63) is 40.8 Å². The number of hydrogen-bond acceptors (Lipinski definition) is 2. The fourth-order valence-electron chi connectivity index (χ4n) is 1.87. The molecule has 1 heterocycles. The van der Waals surface area contributed by atoms with Crippen LogP contribution in [0, 0.1) is 0 Å². The summed E-state index contributed by atoms with van der Waals surface area (Å²) in [7, 11) is 0. The Morgan fingerprint density at radius 1 is 1.44 bits per heavy atom. The lowest BCUT2D eigenvalue weighted by atomic mass is 10.0. The topological polar surface area (TPSA) is 69.1 Å². The summed E-state index contributed by atoms with van der Waals surface area (Å²) in [5.74, 6) is -0.128. The van der Waals surface area contributed by atoms with E-state index in [1.165, 1.54) is 0 Å². The predicted molar refractivity (Wildman–Crippen MR) is 61.0 cm³/mol. The fourth-order valence-corrected chi connectivity index (χ4v) is 1.87. The van der Waals surface area contributed by atoms with Crippen LogP contribution in [0.4, 0.5) is 5.69 Å². The number of rotatable bonds is 2. The number of hydrogen-bond donors (Lipinski definition) is 0. The Bertz CT molecular complexity index is 452. The molecule has 0 aliphatic carbocycles. The molecule has 2 rings (SSSR count). The van der Waals surface area contributed by atoms with Crippen LogP contribution in [0.15, 0.2) is 35.4 Å². The monoisotopic (exact) mass is 216 g/mol. The molecule has 0 radical (unpaired) electrons. The van der Waals surface area contributed by atoms with Crippen molar-refractivity contribution in [1.82, 2.24) is 0 Å². The van der Waals surface area contributed by atoms with Crippen molar-refractivity contribution in [3.8, 4) is 0 Å². The lowest BCUT2D eigenvalue weighted by molar-refractivity contribution is -0.120.